The summed E-state index contributed by atoms with van der Waals surface area (Å²) in [7, 11) is 1.95. The van der Waals surface area contributed by atoms with E-state index in [-0.39, 0.29) is 6.04 Å². The van der Waals surface area contributed by atoms with Crippen molar-refractivity contribution in [2.45, 2.75) is 26.5 Å². The van der Waals surface area contributed by atoms with Crippen LogP contribution < -0.4 is 10.1 Å². The zero-order valence-corrected chi connectivity index (χ0v) is 13.7. The normalized spacial score (nSPS) is 12.2. The first-order valence-electron chi connectivity index (χ1n) is 6.75. The minimum absolute atomic E-state index is 0.250. The number of halogens is 1. The zero-order chi connectivity index (χ0) is 14.5. The fourth-order valence-electron chi connectivity index (χ4n) is 1.99. The maximum Gasteiger partial charge on any atom is 0.124 e. The molecule has 0 bridgehead atoms. The summed E-state index contributed by atoms with van der Waals surface area (Å²) in [5.41, 5.74) is 3.61. The molecule has 0 aliphatic rings. The Labute approximate surface area is 129 Å². The van der Waals surface area contributed by atoms with Crippen molar-refractivity contribution < 1.29 is 4.74 Å². The molecule has 0 saturated carbocycles. The Morgan fingerprint density at radius 2 is 1.85 bits per heavy atom. The molecule has 0 saturated heterocycles. The number of aryl methyl sites for hydroxylation is 1. The molecule has 1 N–H and O–H groups in total. The second-order valence-electron chi connectivity index (χ2n) is 4.97. The van der Waals surface area contributed by atoms with Crippen LogP contribution in [-0.4, -0.2) is 7.05 Å². The maximum atomic E-state index is 5.98. The minimum atomic E-state index is 0.250. The van der Waals surface area contributed by atoms with Crippen LogP contribution >= 0.6 is 15.9 Å². The van der Waals surface area contributed by atoms with Gasteiger partial charge in [0, 0.05) is 16.1 Å². The van der Waals surface area contributed by atoms with Gasteiger partial charge in [-0.25, -0.2) is 0 Å². The molecule has 106 valence electrons. The summed E-state index contributed by atoms with van der Waals surface area (Å²) >= 11 is 3.51. The summed E-state index contributed by atoms with van der Waals surface area (Å²) < 4.78 is 7.05. The second kappa shape index (κ2) is 6.91. The average Bonchev–Trinajstić information content (AvgIpc) is 2.46. The van der Waals surface area contributed by atoms with E-state index in [4.69, 9.17) is 4.74 Å². The van der Waals surface area contributed by atoms with Crippen LogP contribution in [0.25, 0.3) is 0 Å². The zero-order valence-electron chi connectivity index (χ0n) is 12.1. The molecular formula is C17H20BrNO. The van der Waals surface area contributed by atoms with Gasteiger partial charge >= 0.3 is 0 Å². The number of benzene rings is 2. The van der Waals surface area contributed by atoms with E-state index >= 15 is 0 Å². The highest BCUT2D eigenvalue weighted by atomic mass is 79.9. The molecule has 1 unspecified atom stereocenters. The van der Waals surface area contributed by atoms with Crippen LogP contribution in [0.5, 0.6) is 5.75 Å². The smallest absolute Gasteiger partial charge is 0.124 e. The van der Waals surface area contributed by atoms with Gasteiger partial charge in [-0.2, -0.15) is 0 Å². The van der Waals surface area contributed by atoms with E-state index in [1.54, 1.807) is 0 Å². The lowest BCUT2D eigenvalue weighted by Gasteiger charge is -2.17. The van der Waals surface area contributed by atoms with Crippen molar-refractivity contribution in [2.75, 3.05) is 7.05 Å². The van der Waals surface area contributed by atoms with Gasteiger partial charge in [0.2, 0.25) is 0 Å². The molecule has 0 amide bonds. The molecule has 3 heteroatoms. The van der Waals surface area contributed by atoms with Gasteiger partial charge in [0.25, 0.3) is 0 Å². The third-order valence-corrected chi connectivity index (χ3v) is 3.88. The highest BCUT2D eigenvalue weighted by Crippen LogP contribution is 2.29. The maximum absolute atomic E-state index is 5.98. The third-order valence-electron chi connectivity index (χ3n) is 3.39. The number of hydrogen-bond donors (Lipinski definition) is 1. The average molecular weight is 334 g/mol. The predicted molar refractivity (Wildman–Crippen MR) is 87.1 cm³/mol. The Morgan fingerprint density at radius 3 is 2.50 bits per heavy atom. The Kier molecular flexibility index (Phi) is 5.21. The van der Waals surface area contributed by atoms with Crippen LogP contribution in [0.1, 0.15) is 29.7 Å². The monoisotopic (exact) mass is 333 g/mol. The van der Waals surface area contributed by atoms with Crippen molar-refractivity contribution in [1.29, 1.82) is 0 Å². The Bertz CT molecular complexity index is 566. The quantitative estimate of drug-likeness (QED) is 0.862. The fraction of sp³-hybridized carbons (Fsp3) is 0.294. The molecule has 2 aromatic carbocycles. The first kappa shape index (κ1) is 15.1. The van der Waals surface area contributed by atoms with Gasteiger partial charge in [-0.15, -0.1) is 0 Å². The molecule has 1 atom stereocenters. The molecule has 0 aliphatic heterocycles. The largest absolute Gasteiger partial charge is 0.489 e. The molecule has 20 heavy (non-hydrogen) atoms. The van der Waals surface area contributed by atoms with Crippen LogP contribution in [-0.2, 0) is 6.61 Å². The van der Waals surface area contributed by atoms with Gasteiger partial charge in [-0.1, -0.05) is 45.8 Å². The van der Waals surface area contributed by atoms with Gasteiger partial charge < -0.3 is 10.1 Å². The number of hydrogen-bond acceptors (Lipinski definition) is 2. The van der Waals surface area contributed by atoms with Crippen molar-refractivity contribution in [3.8, 4) is 5.75 Å². The lowest BCUT2D eigenvalue weighted by molar-refractivity contribution is 0.300. The van der Waals surface area contributed by atoms with E-state index in [0.717, 1.165) is 15.8 Å². The van der Waals surface area contributed by atoms with E-state index in [0.29, 0.717) is 6.61 Å². The fourth-order valence-corrected chi connectivity index (χ4v) is 2.37. The number of rotatable bonds is 5. The molecule has 2 rings (SSSR count). The molecular weight excluding hydrogens is 314 g/mol. The minimum Gasteiger partial charge on any atom is -0.489 e. The van der Waals surface area contributed by atoms with E-state index in [2.05, 4.69) is 65.4 Å². The summed E-state index contributed by atoms with van der Waals surface area (Å²) in [4.78, 5) is 0. The molecule has 0 fully saturated rings. The van der Waals surface area contributed by atoms with Crippen molar-refractivity contribution in [3.63, 3.8) is 0 Å². The topological polar surface area (TPSA) is 21.3 Å². The van der Waals surface area contributed by atoms with Gasteiger partial charge in [-0.3, -0.25) is 0 Å². The van der Waals surface area contributed by atoms with Crippen molar-refractivity contribution in [2.24, 2.45) is 0 Å². The summed E-state index contributed by atoms with van der Waals surface area (Å²) in [6.45, 7) is 4.80. The Hall–Kier alpha value is -1.32. The molecule has 0 aromatic heterocycles. The highest BCUT2D eigenvalue weighted by molar-refractivity contribution is 9.10. The SMILES string of the molecule is CNC(C)c1cc(Br)ccc1OCc1ccc(C)cc1. The Morgan fingerprint density at radius 1 is 1.15 bits per heavy atom. The molecule has 2 aromatic rings. The van der Waals surface area contributed by atoms with Gasteiger partial charge in [0.15, 0.2) is 0 Å². The van der Waals surface area contributed by atoms with Crippen molar-refractivity contribution in [1.82, 2.24) is 5.32 Å². The van der Waals surface area contributed by atoms with E-state index < -0.39 is 0 Å². The van der Waals surface area contributed by atoms with Crippen LogP contribution in [0.15, 0.2) is 46.9 Å². The lowest BCUT2D eigenvalue weighted by atomic mass is 10.1. The van der Waals surface area contributed by atoms with E-state index in [1.165, 1.54) is 11.1 Å². The highest BCUT2D eigenvalue weighted by Gasteiger charge is 2.11. The number of ether oxygens (including phenoxy) is 1. The van der Waals surface area contributed by atoms with E-state index in [1.807, 2.05) is 19.2 Å². The van der Waals surface area contributed by atoms with Crippen LogP contribution in [0.2, 0.25) is 0 Å². The molecule has 0 spiro atoms. The van der Waals surface area contributed by atoms with Gasteiger partial charge in [0.1, 0.15) is 12.4 Å². The second-order valence-corrected chi connectivity index (χ2v) is 5.88. The van der Waals surface area contributed by atoms with Crippen LogP contribution in [0.3, 0.4) is 0 Å². The predicted octanol–water partition coefficient (Wildman–Crippen LogP) is 4.62. The van der Waals surface area contributed by atoms with Crippen molar-refractivity contribution in [3.05, 3.63) is 63.6 Å². The standard InChI is InChI=1S/C17H20BrNO/c1-12-4-6-14(7-5-12)11-20-17-9-8-15(18)10-16(17)13(2)19-3/h4-10,13,19H,11H2,1-3H3. The van der Waals surface area contributed by atoms with Crippen molar-refractivity contribution >= 4 is 15.9 Å². The van der Waals surface area contributed by atoms with Crippen LogP contribution in [0, 0.1) is 6.92 Å². The molecule has 2 nitrogen and oxygen atoms in total. The summed E-state index contributed by atoms with van der Waals surface area (Å²) in [5.74, 6) is 0.927. The summed E-state index contributed by atoms with van der Waals surface area (Å²) in [5, 5.41) is 3.25. The van der Waals surface area contributed by atoms with Gasteiger partial charge in [0.05, 0.1) is 0 Å². The Balaban J connectivity index is 2.14. The molecule has 0 aliphatic carbocycles. The van der Waals surface area contributed by atoms with Gasteiger partial charge in [-0.05, 0) is 44.7 Å². The lowest BCUT2D eigenvalue weighted by Crippen LogP contribution is -2.13. The summed E-state index contributed by atoms with van der Waals surface area (Å²) in [6.07, 6.45) is 0. The molecule has 0 radical (unpaired) electrons. The number of nitrogens with one attached hydrogen (secondary N) is 1. The molecule has 0 heterocycles. The third kappa shape index (κ3) is 3.84. The first-order chi connectivity index (χ1) is 9.60. The first-order valence-corrected chi connectivity index (χ1v) is 7.54. The summed E-state index contributed by atoms with van der Waals surface area (Å²) in [6, 6.07) is 14.8. The van der Waals surface area contributed by atoms with E-state index in [9.17, 15) is 0 Å². The van der Waals surface area contributed by atoms with Crippen LogP contribution in [0.4, 0.5) is 0 Å².